The number of aromatic amines is 1. The third-order valence-corrected chi connectivity index (χ3v) is 7.37. The number of nitrogens with zero attached hydrogens (tertiary/aromatic N) is 4. The Balaban J connectivity index is 1.50. The molecule has 6 nitrogen and oxygen atoms in total. The second-order valence-corrected chi connectivity index (χ2v) is 9.66. The number of aryl methyl sites for hydroxylation is 1. The summed E-state index contributed by atoms with van der Waals surface area (Å²) in [5, 5.41) is 13.8. The van der Waals surface area contributed by atoms with Crippen LogP contribution in [0.5, 0.6) is 0 Å². The van der Waals surface area contributed by atoms with E-state index in [2.05, 4.69) is 64.5 Å². The molecule has 0 amide bonds. The normalized spacial score (nSPS) is 21.5. The Morgan fingerprint density at radius 1 is 1.12 bits per heavy atom. The number of rotatable bonds is 4. The van der Waals surface area contributed by atoms with Crippen LogP contribution in [-0.2, 0) is 12.5 Å². The molecule has 0 radical (unpaired) electrons. The summed E-state index contributed by atoms with van der Waals surface area (Å²) in [6.07, 6.45) is 14.0. The van der Waals surface area contributed by atoms with Crippen LogP contribution < -0.4 is 0 Å². The van der Waals surface area contributed by atoms with E-state index in [9.17, 15) is 0 Å². The van der Waals surface area contributed by atoms with Gasteiger partial charge in [-0.15, -0.1) is 0 Å². The zero-order chi connectivity index (χ0) is 23.3. The van der Waals surface area contributed by atoms with E-state index < -0.39 is 0 Å². The summed E-state index contributed by atoms with van der Waals surface area (Å²) in [6.45, 7) is 2.31. The zero-order valence-electron chi connectivity index (χ0n) is 19.5. The van der Waals surface area contributed by atoms with Gasteiger partial charge in [-0.1, -0.05) is 42.8 Å². The van der Waals surface area contributed by atoms with E-state index in [1.165, 1.54) is 24.0 Å². The van der Waals surface area contributed by atoms with Crippen molar-refractivity contribution in [2.24, 2.45) is 18.0 Å². The molecule has 0 bridgehead atoms. The van der Waals surface area contributed by atoms with Crippen molar-refractivity contribution in [1.82, 2.24) is 19.7 Å². The van der Waals surface area contributed by atoms with Gasteiger partial charge < -0.3 is 4.98 Å². The number of H-pyrrole nitrogens is 1. The number of aromatic nitrogens is 4. The Morgan fingerprint density at radius 2 is 1.94 bits per heavy atom. The number of allylic oxidation sites excluding steroid dienone is 2. The molecular formula is C28H28N6. The maximum Gasteiger partial charge on any atom is 0.137 e. The molecule has 0 spiro atoms. The molecule has 4 aromatic rings. The molecule has 4 heterocycles. The Bertz CT molecular complexity index is 1450. The topological polar surface area (TPSA) is 82.7 Å². The smallest absolute Gasteiger partial charge is 0.137 e. The van der Waals surface area contributed by atoms with Crippen LogP contribution in [0.1, 0.15) is 43.7 Å². The number of aliphatic imine (C=N–C) groups is 1. The number of hydrogen-bond acceptors (Lipinski definition) is 3. The first-order valence-corrected chi connectivity index (χ1v) is 11.9. The predicted molar refractivity (Wildman–Crippen MR) is 136 cm³/mol. The molecule has 2 N–H and O–H groups in total. The maximum absolute atomic E-state index is 8.48. The minimum atomic E-state index is 0.0895. The minimum absolute atomic E-state index is 0.0895. The first-order chi connectivity index (χ1) is 16.5. The van der Waals surface area contributed by atoms with Gasteiger partial charge in [-0.3, -0.25) is 10.1 Å². The quantitative estimate of drug-likeness (QED) is 0.412. The maximum atomic E-state index is 8.48. The summed E-state index contributed by atoms with van der Waals surface area (Å²) in [5.41, 5.74) is 7.64. The molecule has 1 aliphatic heterocycles. The van der Waals surface area contributed by atoms with Crippen LogP contribution in [0.25, 0.3) is 22.2 Å². The van der Waals surface area contributed by atoms with Crippen LogP contribution in [0.3, 0.4) is 0 Å². The van der Waals surface area contributed by atoms with Gasteiger partial charge in [0.25, 0.3) is 0 Å². The SMILES string of the molecule is CC1CCC(=N)N=C(c2c[nH]c3ncc(-c4cnn(C)c4)cc23)/C=C\1C1(c2ccccc2)CC1. The fourth-order valence-corrected chi connectivity index (χ4v) is 5.35. The summed E-state index contributed by atoms with van der Waals surface area (Å²) >= 11 is 0. The van der Waals surface area contributed by atoms with Gasteiger partial charge >= 0.3 is 0 Å². The lowest BCUT2D eigenvalue weighted by atomic mass is 9.78. The fourth-order valence-electron chi connectivity index (χ4n) is 5.35. The first kappa shape index (κ1) is 20.8. The van der Waals surface area contributed by atoms with Crippen LogP contribution in [0.4, 0.5) is 0 Å². The third kappa shape index (κ3) is 3.50. The lowest BCUT2D eigenvalue weighted by molar-refractivity contribution is 0.565. The molecule has 170 valence electrons. The number of amidine groups is 1. The van der Waals surface area contributed by atoms with Crippen molar-refractivity contribution in [1.29, 1.82) is 5.41 Å². The average molecular weight is 449 g/mol. The van der Waals surface area contributed by atoms with Crippen LogP contribution in [0, 0.1) is 11.3 Å². The molecule has 1 saturated carbocycles. The molecule has 6 rings (SSSR count). The molecule has 3 aromatic heterocycles. The van der Waals surface area contributed by atoms with Crippen molar-refractivity contribution >= 4 is 22.6 Å². The number of hydrogen-bond donors (Lipinski definition) is 2. The van der Waals surface area contributed by atoms with E-state index >= 15 is 0 Å². The van der Waals surface area contributed by atoms with Crippen molar-refractivity contribution in [3.8, 4) is 11.1 Å². The van der Waals surface area contributed by atoms with Crippen molar-refractivity contribution in [2.45, 2.75) is 38.0 Å². The Labute approximate surface area is 199 Å². The van der Waals surface area contributed by atoms with Gasteiger partial charge in [0.2, 0.25) is 0 Å². The average Bonchev–Trinajstić information content (AvgIpc) is 3.35. The van der Waals surface area contributed by atoms with Crippen LogP contribution in [0.2, 0.25) is 0 Å². The van der Waals surface area contributed by atoms with Gasteiger partial charge in [0, 0.05) is 59.6 Å². The van der Waals surface area contributed by atoms with E-state index in [4.69, 9.17) is 10.4 Å². The van der Waals surface area contributed by atoms with E-state index in [0.717, 1.165) is 39.9 Å². The summed E-state index contributed by atoms with van der Waals surface area (Å²) < 4.78 is 1.80. The van der Waals surface area contributed by atoms with Gasteiger partial charge in [-0.2, -0.15) is 5.10 Å². The highest BCUT2D eigenvalue weighted by atomic mass is 15.2. The van der Waals surface area contributed by atoms with Crippen LogP contribution in [-0.4, -0.2) is 31.3 Å². The standard InChI is InChI=1S/C28H28N6/c1-18-8-9-26(29)33-25(13-24(18)28(10-11-28)21-6-4-3-5-7-21)23-16-31-27-22(23)12-19(14-30-27)20-15-32-34(2)17-20/h3-7,12-18,29H,8-11H2,1-2H3,(H,30,31)/b24-13+,29-26?,33-25?. The lowest BCUT2D eigenvalue weighted by Crippen LogP contribution is -2.21. The second kappa shape index (κ2) is 7.90. The monoisotopic (exact) mass is 448 g/mol. The molecule has 2 aliphatic rings. The van der Waals surface area contributed by atoms with Gasteiger partial charge in [0.1, 0.15) is 11.5 Å². The summed E-state index contributed by atoms with van der Waals surface area (Å²) in [7, 11) is 1.92. The number of pyridine rings is 1. The zero-order valence-corrected chi connectivity index (χ0v) is 19.5. The van der Waals surface area contributed by atoms with Crippen LogP contribution >= 0.6 is 0 Å². The van der Waals surface area contributed by atoms with Crippen molar-refractivity contribution in [3.05, 3.63) is 84.0 Å². The highest BCUT2D eigenvalue weighted by Crippen LogP contribution is 2.56. The highest BCUT2D eigenvalue weighted by Gasteiger charge is 2.48. The van der Waals surface area contributed by atoms with Crippen molar-refractivity contribution in [2.75, 3.05) is 0 Å². The van der Waals surface area contributed by atoms with E-state index in [-0.39, 0.29) is 5.41 Å². The molecule has 1 atom stereocenters. The number of fused-ring (bicyclic) bond motifs is 1. The largest absolute Gasteiger partial charge is 0.345 e. The minimum Gasteiger partial charge on any atom is -0.345 e. The van der Waals surface area contributed by atoms with Crippen molar-refractivity contribution < 1.29 is 0 Å². The molecule has 6 heteroatoms. The molecule has 1 aromatic carbocycles. The van der Waals surface area contributed by atoms with Gasteiger partial charge in [-0.25, -0.2) is 9.98 Å². The van der Waals surface area contributed by atoms with Gasteiger partial charge in [-0.05, 0) is 42.9 Å². The van der Waals surface area contributed by atoms with E-state index in [0.29, 0.717) is 18.2 Å². The fraction of sp³-hybridized carbons (Fsp3) is 0.286. The van der Waals surface area contributed by atoms with Crippen molar-refractivity contribution in [3.63, 3.8) is 0 Å². The Hall–Kier alpha value is -3.80. The first-order valence-electron chi connectivity index (χ1n) is 11.9. The van der Waals surface area contributed by atoms with Gasteiger partial charge in [0.15, 0.2) is 0 Å². The number of nitrogens with one attached hydrogen (secondary N) is 2. The molecule has 1 fully saturated rings. The second-order valence-electron chi connectivity index (χ2n) is 9.66. The van der Waals surface area contributed by atoms with E-state index in [1.54, 1.807) is 4.68 Å². The number of benzene rings is 1. The van der Waals surface area contributed by atoms with Gasteiger partial charge in [0.05, 0.1) is 11.9 Å². The van der Waals surface area contributed by atoms with E-state index in [1.807, 2.05) is 31.8 Å². The van der Waals surface area contributed by atoms with Crippen LogP contribution in [0.15, 0.2) is 77.8 Å². The predicted octanol–water partition coefficient (Wildman–Crippen LogP) is 5.82. The molecule has 1 unspecified atom stereocenters. The molecule has 0 saturated heterocycles. The Kier molecular flexibility index (Phi) is 4.83. The summed E-state index contributed by atoms with van der Waals surface area (Å²) in [4.78, 5) is 12.8. The Morgan fingerprint density at radius 3 is 2.68 bits per heavy atom. The lowest BCUT2D eigenvalue weighted by Gasteiger charge is -2.27. The molecule has 34 heavy (non-hydrogen) atoms. The third-order valence-electron chi connectivity index (χ3n) is 7.37. The summed E-state index contributed by atoms with van der Waals surface area (Å²) in [5.74, 6) is 0.829. The summed E-state index contributed by atoms with van der Waals surface area (Å²) in [6, 6.07) is 13.0. The molecule has 1 aliphatic carbocycles. The highest BCUT2D eigenvalue weighted by molar-refractivity contribution is 6.20. The molecular weight excluding hydrogens is 420 g/mol.